The Morgan fingerprint density at radius 2 is 2.20 bits per heavy atom. The number of carbonyl (C=O) groups is 1. The molecule has 0 spiro atoms. The third-order valence-electron chi connectivity index (χ3n) is 2.83. The minimum atomic E-state index is -0.794. The quantitative estimate of drug-likeness (QED) is 0.866. The second-order valence-corrected chi connectivity index (χ2v) is 4.22. The fraction of sp³-hybridized carbons (Fsp3) is 0.200. The van der Waals surface area contributed by atoms with Crippen molar-refractivity contribution < 1.29 is 14.6 Å². The van der Waals surface area contributed by atoms with Crippen molar-refractivity contribution in [1.29, 1.82) is 0 Å². The fourth-order valence-corrected chi connectivity index (χ4v) is 1.74. The highest BCUT2D eigenvalue weighted by Crippen LogP contribution is 2.18. The minimum Gasteiger partial charge on any atom is -0.497 e. The van der Waals surface area contributed by atoms with Crippen molar-refractivity contribution in [3.05, 3.63) is 59.9 Å². The van der Waals surface area contributed by atoms with E-state index >= 15 is 0 Å². The molecule has 20 heavy (non-hydrogen) atoms. The van der Waals surface area contributed by atoms with Crippen LogP contribution in [-0.2, 0) is 0 Å². The van der Waals surface area contributed by atoms with E-state index < -0.39 is 6.10 Å². The van der Waals surface area contributed by atoms with Gasteiger partial charge in [0.15, 0.2) is 0 Å². The smallest absolute Gasteiger partial charge is 0.269 e. The molecule has 5 heteroatoms. The SMILES string of the molecule is COc1cccc(C(O)CNC(=O)c2ccccn2)c1. The Morgan fingerprint density at radius 1 is 1.35 bits per heavy atom. The number of hydrogen-bond acceptors (Lipinski definition) is 4. The molecule has 1 atom stereocenters. The number of aromatic nitrogens is 1. The van der Waals surface area contributed by atoms with Gasteiger partial charge in [0.2, 0.25) is 0 Å². The molecule has 0 radical (unpaired) electrons. The molecule has 2 rings (SSSR count). The maximum absolute atomic E-state index is 11.8. The van der Waals surface area contributed by atoms with Crippen molar-refractivity contribution in [2.24, 2.45) is 0 Å². The molecular weight excluding hydrogens is 256 g/mol. The largest absolute Gasteiger partial charge is 0.497 e. The highest BCUT2D eigenvalue weighted by atomic mass is 16.5. The normalized spacial score (nSPS) is 11.7. The van der Waals surface area contributed by atoms with Gasteiger partial charge >= 0.3 is 0 Å². The van der Waals surface area contributed by atoms with Gasteiger partial charge in [0.25, 0.3) is 5.91 Å². The summed E-state index contributed by atoms with van der Waals surface area (Å²) in [4.78, 5) is 15.7. The van der Waals surface area contributed by atoms with Crippen LogP contribution in [0.1, 0.15) is 22.2 Å². The van der Waals surface area contributed by atoms with E-state index in [2.05, 4.69) is 10.3 Å². The number of amides is 1. The predicted octanol–water partition coefficient (Wildman–Crippen LogP) is 1.55. The fourth-order valence-electron chi connectivity index (χ4n) is 1.74. The van der Waals surface area contributed by atoms with Gasteiger partial charge in [-0.25, -0.2) is 0 Å². The van der Waals surface area contributed by atoms with Crippen LogP contribution in [0, 0.1) is 0 Å². The summed E-state index contributed by atoms with van der Waals surface area (Å²) >= 11 is 0. The molecule has 104 valence electrons. The molecule has 1 heterocycles. The summed E-state index contributed by atoms with van der Waals surface area (Å²) in [5.74, 6) is 0.352. The summed E-state index contributed by atoms with van der Waals surface area (Å²) in [5, 5.41) is 12.7. The van der Waals surface area contributed by atoms with Crippen LogP contribution >= 0.6 is 0 Å². The van der Waals surface area contributed by atoms with Gasteiger partial charge in [0, 0.05) is 12.7 Å². The van der Waals surface area contributed by atoms with Crippen LogP contribution in [0.4, 0.5) is 0 Å². The zero-order chi connectivity index (χ0) is 14.4. The molecule has 0 saturated heterocycles. The summed E-state index contributed by atoms with van der Waals surface area (Å²) in [5.41, 5.74) is 1.01. The predicted molar refractivity (Wildman–Crippen MR) is 74.5 cm³/mol. The molecule has 0 bridgehead atoms. The first-order chi connectivity index (χ1) is 9.70. The minimum absolute atomic E-state index is 0.114. The standard InChI is InChI=1S/C15H16N2O3/c1-20-12-6-4-5-11(9-12)14(18)10-17-15(19)13-7-2-3-8-16-13/h2-9,14,18H,10H2,1H3,(H,17,19). The van der Waals surface area contributed by atoms with Crippen LogP contribution in [0.2, 0.25) is 0 Å². The number of pyridine rings is 1. The number of hydrogen-bond donors (Lipinski definition) is 2. The van der Waals surface area contributed by atoms with Crippen LogP contribution in [0.3, 0.4) is 0 Å². The van der Waals surface area contributed by atoms with Crippen LogP contribution in [-0.4, -0.2) is 29.7 Å². The first-order valence-electron chi connectivity index (χ1n) is 6.22. The summed E-state index contributed by atoms with van der Waals surface area (Å²) in [6, 6.07) is 12.2. The highest BCUT2D eigenvalue weighted by molar-refractivity contribution is 5.92. The number of methoxy groups -OCH3 is 1. The Bertz CT molecular complexity index is 572. The lowest BCUT2D eigenvalue weighted by Crippen LogP contribution is -2.28. The van der Waals surface area contributed by atoms with E-state index in [1.807, 2.05) is 0 Å². The molecule has 2 N–H and O–H groups in total. The first-order valence-corrected chi connectivity index (χ1v) is 6.22. The number of nitrogens with zero attached hydrogens (tertiary/aromatic N) is 1. The van der Waals surface area contributed by atoms with E-state index in [-0.39, 0.29) is 12.5 Å². The molecule has 1 aromatic heterocycles. The van der Waals surface area contributed by atoms with E-state index in [4.69, 9.17) is 4.74 Å². The van der Waals surface area contributed by atoms with Crippen LogP contribution in [0.5, 0.6) is 5.75 Å². The number of aliphatic hydroxyl groups excluding tert-OH is 1. The lowest BCUT2D eigenvalue weighted by molar-refractivity contribution is 0.0911. The van der Waals surface area contributed by atoms with Gasteiger partial charge in [-0.3, -0.25) is 9.78 Å². The molecule has 0 saturated carbocycles. The lowest BCUT2D eigenvalue weighted by Gasteiger charge is -2.13. The molecule has 1 aromatic carbocycles. The van der Waals surface area contributed by atoms with E-state index in [9.17, 15) is 9.90 Å². The summed E-state index contributed by atoms with van der Waals surface area (Å²) < 4.78 is 5.09. The number of ether oxygens (including phenoxy) is 1. The number of benzene rings is 1. The van der Waals surface area contributed by atoms with E-state index in [0.717, 1.165) is 0 Å². The molecule has 0 aliphatic heterocycles. The molecule has 2 aromatic rings. The molecule has 5 nitrogen and oxygen atoms in total. The third-order valence-corrected chi connectivity index (χ3v) is 2.83. The van der Waals surface area contributed by atoms with Crippen molar-refractivity contribution in [3.63, 3.8) is 0 Å². The Balaban J connectivity index is 1.95. The molecule has 0 aliphatic carbocycles. The second-order valence-electron chi connectivity index (χ2n) is 4.22. The number of nitrogens with one attached hydrogen (secondary N) is 1. The van der Waals surface area contributed by atoms with Crippen LogP contribution in [0.15, 0.2) is 48.7 Å². The van der Waals surface area contributed by atoms with E-state index in [1.165, 1.54) is 0 Å². The highest BCUT2D eigenvalue weighted by Gasteiger charge is 2.11. The van der Waals surface area contributed by atoms with Gasteiger partial charge in [0.05, 0.1) is 13.2 Å². The topological polar surface area (TPSA) is 71.5 Å². The molecule has 1 unspecified atom stereocenters. The summed E-state index contributed by atoms with van der Waals surface area (Å²) in [6.07, 6.45) is 0.755. The van der Waals surface area contributed by atoms with Crippen molar-refractivity contribution in [2.75, 3.05) is 13.7 Å². The van der Waals surface area contributed by atoms with Gasteiger partial charge in [-0.15, -0.1) is 0 Å². The Labute approximate surface area is 117 Å². The third kappa shape index (κ3) is 3.55. The average molecular weight is 272 g/mol. The molecule has 1 amide bonds. The maximum atomic E-state index is 11.8. The van der Waals surface area contributed by atoms with Crippen molar-refractivity contribution in [2.45, 2.75) is 6.10 Å². The van der Waals surface area contributed by atoms with Gasteiger partial charge in [0.1, 0.15) is 11.4 Å². The molecule has 0 aliphatic rings. The van der Waals surface area contributed by atoms with Gasteiger partial charge in [-0.05, 0) is 29.8 Å². The summed E-state index contributed by atoms with van der Waals surface area (Å²) in [7, 11) is 1.56. The van der Waals surface area contributed by atoms with Crippen molar-refractivity contribution >= 4 is 5.91 Å². The number of carbonyl (C=O) groups excluding carboxylic acids is 1. The van der Waals surface area contributed by atoms with Crippen molar-refractivity contribution in [3.8, 4) is 5.75 Å². The van der Waals surface area contributed by atoms with Gasteiger partial charge in [-0.1, -0.05) is 18.2 Å². The van der Waals surface area contributed by atoms with E-state index in [0.29, 0.717) is 17.0 Å². The molecular formula is C15H16N2O3. The molecule has 0 fully saturated rings. The first kappa shape index (κ1) is 14.0. The van der Waals surface area contributed by atoms with Crippen LogP contribution < -0.4 is 10.1 Å². The van der Waals surface area contributed by atoms with Gasteiger partial charge < -0.3 is 15.2 Å². The van der Waals surface area contributed by atoms with E-state index in [1.54, 1.807) is 55.8 Å². The van der Waals surface area contributed by atoms with Crippen molar-refractivity contribution in [1.82, 2.24) is 10.3 Å². The lowest BCUT2D eigenvalue weighted by atomic mass is 10.1. The number of rotatable bonds is 5. The Morgan fingerprint density at radius 3 is 2.90 bits per heavy atom. The maximum Gasteiger partial charge on any atom is 0.269 e. The zero-order valence-corrected chi connectivity index (χ0v) is 11.1. The van der Waals surface area contributed by atoms with Gasteiger partial charge in [-0.2, -0.15) is 0 Å². The Hall–Kier alpha value is -2.40. The average Bonchev–Trinajstić information content (AvgIpc) is 2.53. The number of aliphatic hydroxyl groups is 1. The zero-order valence-electron chi connectivity index (χ0n) is 11.1. The Kier molecular flexibility index (Phi) is 4.68. The van der Waals surface area contributed by atoms with Crippen LogP contribution in [0.25, 0.3) is 0 Å². The summed E-state index contributed by atoms with van der Waals surface area (Å²) in [6.45, 7) is 0.114. The monoisotopic (exact) mass is 272 g/mol. The second kappa shape index (κ2) is 6.68.